The number of benzene rings is 1. The van der Waals surface area contributed by atoms with Gasteiger partial charge in [-0.05, 0) is 23.6 Å². The molecule has 2 amide bonds. The van der Waals surface area contributed by atoms with E-state index in [4.69, 9.17) is 4.74 Å². The first-order chi connectivity index (χ1) is 14.6. The minimum atomic E-state index is -0.225. The Morgan fingerprint density at radius 1 is 0.967 bits per heavy atom. The van der Waals surface area contributed by atoms with E-state index >= 15 is 0 Å². The minimum absolute atomic E-state index is 0.0922. The summed E-state index contributed by atoms with van der Waals surface area (Å²) in [5.74, 6) is 0.291. The summed E-state index contributed by atoms with van der Waals surface area (Å²) in [6, 6.07) is 11.1. The number of anilines is 2. The summed E-state index contributed by atoms with van der Waals surface area (Å²) in [5, 5.41) is 12.0. The number of aromatic nitrogens is 2. The highest BCUT2D eigenvalue weighted by Gasteiger charge is 2.14. The van der Waals surface area contributed by atoms with Crippen molar-refractivity contribution in [3.8, 4) is 17.0 Å². The average Bonchev–Trinajstić information content (AvgIpc) is 3.50. The molecule has 3 aromatic heterocycles. The van der Waals surface area contributed by atoms with Gasteiger partial charge in [-0.25, -0.2) is 9.97 Å². The fourth-order valence-corrected chi connectivity index (χ4v) is 4.70. The Balaban J connectivity index is 1.36. The monoisotopic (exact) mass is 456 g/mol. The lowest BCUT2D eigenvalue weighted by molar-refractivity contribution is -0.115. The van der Waals surface area contributed by atoms with Crippen molar-refractivity contribution < 1.29 is 14.3 Å². The van der Waals surface area contributed by atoms with Crippen LogP contribution >= 0.6 is 34.0 Å². The van der Waals surface area contributed by atoms with Gasteiger partial charge < -0.3 is 10.1 Å². The maximum absolute atomic E-state index is 12.4. The predicted octanol–water partition coefficient (Wildman–Crippen LogP) is 4.77. The molecule has 2 N–H and O–H groups in total. The van der Waals surface area contributed by atoms with Gasteiger partial charge in [0.25, 0.3) is 5.91 Å². The lowest BCUT2D eigenvalue weighted by atomic mass is 10.1. The van der Waals surface area contributed by atoms with Gasteiger partial charge in [-0.3, -0.25) is 14.9 Å². The molecule has 30 heavy (non-hydrogen) atoms. The summed E-state index contributed by atoms with van der Waals surface area (Å²) in [4.78, 5) is 33.9. The molecule has 4 rings (SSSR count). The standard InChI is InChI=1S/C20H16N4O3S3/c1-27-15-6-3-2-5-13(15)14-11-30-20(22-14)23-17(25)9-12-10-29-19(21-12)24-18(26)16-7-4-8-28-16/h2-8,10-11H,9H2,1H3,(H,21,24,26)(H,22,23,25). The van der Waals surface area contributed by atoms with Crippen molar-refractivity contribution in [2.75, 3.05) is 17.7 Å². The molecule has 0 bridgehead atoms. The van der Waals surface area contributed by atoms with Crippen molar-refractivity contribution in [2.24, 2.45) is 0 Å². The van der Waals surface area contributed by atoms with Gasteiger partial charge in [-0.1, -0.05) is 18.2 Å². The molecule has 0 unspecified atom stereocenters. The Morgan fingerprint density at radius 3 is 2.57 bits per heavy atom. The number of rotatable bonds is 7. The van der Waals surface area contributed by atoms with Gasteiger partial charge >= 0.3 is 0 Å². The highest BCUT2D eigenvalue weighted by atomic mass is 32.1. The number of thiophene rings is 1. The Kier molecular flexibility index (Phi) is 6.17. The first-order valence-corrected chi connectivity index (χ1v) is 11.4. The largest absolute Gasteiger partial charge is 0.496 e. The molecule has 7 nitrogen and oxygen atoms in total. The van der Waals surface area contributed by atoms with E-state index in [0.29, 0.717) is 20.8 Å². The van der Waals surface area contributed by atoms with E-state index in [1.165, 1.54) is 34.0 Å². The Morgan fingerprint density at radius 2 is 1.77 bits per heavy atom. The van der Waals surface area contributed by atoms with Crippen LogP contribution in [0.1, 0.15) is 15.4 Å². The lowest BCUT2D eigenvalue weighted by Gasteiger charge is -2.05. The van der Waals surface area contributed by atoms with Crippen molar-refractivity contribution in [2.45, 2.75) is 6.42 Å². The van der Waals surface area contributed by atoms with Gasteiger partial charge in [0.15, 0.2) is 10.3 Å². The molecule has 0 radical (unpaired) electrons. The highest BCUT2D eigenvalue weighted by molar-refractivity contribution is 7.14. The zero-order valence-corrected chi connectivity index (χ0v) is 18.2. The topological polar surface area (TPSA) is 93.2 Å². The second-order valence-electron chi connectivity index (χ2n) is 6.04. The number of methoxy groups -OCH3 is 1. The molecule has 0 atom stereocenters. The third-order valence-electron chi connectivity index (χ3n) is 3.99. The quantitative estimate of drug-likeness (QED) is 0.418. The van der Waals surface area contributed by atoms with E-state index in [2.05, 4.69) is 20.6 Å². The molecule has 0 spiro atoms. The lowest BCUT2D eigenvalue weighted by Crippen LogP contribution is -2.15. The van der Waals surface area contributed by atoms with Crippen LogP contribution in [0.4, 0.5) is 10.3 Å². The molecule has 0 saturated heterocycles. The highest BCUT2D eigenvalue weighted by Crippen LogP contribution is 2.32. The summed E-state index contributed by atoms with van der Waals surface area (Å²) in [6.07, 6.45) is 0.0922. The van der Waals surface area contributed by atoms with Crippen LogP contribution in [0.2, 0.25) is 0 Å². The van der Waals surface area contributed by atoms with Gasteiger partial charge in [-0.2, -0.15) is 0 Å². The summed E-state index contributed by atoms with van der Waals surface area (Å²) < 4.78 is 5.36. The van der Waals surface area contributed by atoms with Crippen LogP contribution in [0.3, 0.4) is 0 Å². The minimum Gasteiger partial charge on any atom is -0.496 e. The van der Waals surface area contributed by atoms with Crippen molar-refractivity contribution in [1.29, 1.82) is 0 Å². The van der Waals surface area contributed by atoms with Crippen LogP contribution in [0, 0.1) is 0 Å². The summed E-state index contributed by atoms with van der Waals surface area (Å²) >= 11 is 3.98. The van der Waals surface area contributed by atoms with E-state index in [-0.39, 0.29) is 18.2 Å². The number of carbonyl (C=O) groups is 2. The van der Waals surface area contributed by atoms with Crippen LogP contribution in [0.5, 0.6) is 5.75 Å². The van der Waals surface area contributed by atoms with Crippen molar-refractivity contribution in [3.63, 3.8) is 0 Å². The Labute approximate surface area is 184 Å². The molecule has 0 aliphatic rings. The molecule has 0 saturated carbocycles. The Bertz CT molecular complexity index is 1170. The van der Waals surface area contributed by atoms with E-state index in [9.17, 15) is 9.59 Å². The third-order valence-corrected chi connectivity index (χ3v) is 6.43. The van der Waals surface area contributed by atoms with E-state index in [1.54, 1.807) is 18.6 Å². The molecule has 0 aliphatic carbocycles. The van der Waals surface area contributed by atoms with Gasteiger partial charge in [-0.15, -0.1) is 34.0 Å². The smallest absolute Gasteiger partial charge is 0.267 e. The average molecular weight is 457 g/mol. The van der Waals surface area contributed by atoms with Crippen LogP contribution in [-0.4, -0.2) is 28.9 Å². The van der Waals surface area contributed by atoms with Gasteiger partial charge in [0.1, 0.15) is 5.75 Å². The number of ether oxygens (including phenoxy) is 1. The van der Waals surface area contributed by atoms with Crippen LogP contribution in [0.25, 0.3) is 11.3 Å². The second kappa shape index (κ2) is 9.16. The first-order valence-electron chi connectivity index (χ1n) is 8.80. The van der Waals surface area contributed by atoms with Crippen LogP contribution in [0.15, 0.2) is 52.5 Å². The van der Waals surface area contributed by atoms with Crippen LogP contribution in [-0.2, 0) is 11.2 Å². The van der Waals surface area contributed by atoms with Crippen molar-refractivity contribution in [3.05, 3.63) is 63.1 Å². The zero-order chi connectivity index (χ0) is 20.9. The maximum atomic E-state index is 12.4. The molecule has 152 valence electrons. The Hall–Kier alpha value is -3.08. The SMILES string of the molecule is COc1ccccc1-c1csc(NC(=O)Cc2csc(NC(=O)c3cccs3)n2)n1. The van der Waals surface area contributed by atoms with Gasteiger partial charge in [0.05, 0.1) is 29.8 Å². The van der Waals surface area contributed by atoms with E-state index in [1.807, 2.05) is 41.1 Å². The second-order valence-corrected chi connectivity index (χ2v) is 8.70. The number of hydrogen-bond acceptors (Lipinski definition) is 8. The molecular weight excluding hydrogens is 440 g/mol. The molecule has 10 heteroatoms. The number of hydrogen-bond donors (Lipinski definition) is 2. The number of nitrogens with zero attached hydrogens (tertiary/aromatic N) is 2. The summed E-state index contributed by atoms with van der Waals surface area (Å²) in [5.41, 5.74) is 2.18. The zero-order valence-electron chi connectivity index (χ0n) is 15.7. The van der Waals surface area contributed by atoms with Crippen molar-refractivity contribution >= 4 is 56.1 Å². The van der Waals surface area contributed by atoms with E-state index < -0.39 is 0 Å². The maximum Gasteiger partial charge on any atom is 0.267 e. The number of nitrogens with one attached hydrogen (secondary N) is 2. The third kappa shape index (κ3) is 4.73. The fourth-order valence-electron chi connectivity index (χ4n) is 2.65. The molecule has 0 aliphatic heterocycles. The van der Waals surface area contributed by atoms with Crippen LogP contribution < -0.4 is 15.4 Å². The molecule has 3 heterocycles. The molecular formula is C20H16N4O3S3. The van der Waals surface area contributed by atoms with Gasteiger partial charge in [0, 0.05) is 16.3 Å². The predicted molar refractivity (Wildman–Crippen MR) is 121 cm³/mol. The normalized spacial score (nSPS) is 10.6. The van der Waals surface area contributed by atoms with Gasteiger partial charge in [0.2, 0.25) is 5.91 Å². The number of para-hydroxylation sites is 1. The fraction of sp³-hybridized carbons (Fsp3) is 0.100. The first kappa shape index (κ1) is 20.2. The number of thiazole rings is 2. The summed E-state index contributed by atoms with van der Waals surface area (Å²) in [7, 11) is 1.61. The molecule has 1 aromatic carbocycles. The molecule has 4 aromatic rings. The summed E-state index contributed by atoms with van der Waals surface area (Å²) in [6.45, 7) is 0. The number of amides is 2. The number of carbonyl (C=O) groups excluding carboxylic acids is 2. The molecule has 0 fully saturated rings. The van der Waals surface area contributed by atoms with Crippen molar-refractivity contribution in [1.82, 2.24) is 9.97 Å². The van der Waals surface area contributed by atoms with E-state index in [0.717, 1.165) is 17.0 Å².